The topological polar surface area (TPSA) is 12.0 Å². The summed E-state index contributed by atoms with van der Waals surface area (Å²) < 4.78 is 6.34. The van der Waals surface area contributed by atoms with Gasteiger partial charge in [0.05, 0.1) is 0 Å². The van der Waals surface area contributed by atoms with Crippen LogP contribution in [0, 0.1) is 0 Å². The fraction of sp³-hybridized carbons (Fsp3) is 1.00. The van der Waals surface area contributed by atoms with Gasteiger partial charge in [-0.1, -0.05) is 7.43 Å². The monoisotopic (exact) mass is 63.1 g/mol. The fourth-order valence-electron chi connectivity index (χ4n) is 0. The molecule has 1 nitrogen and oxygen atoms in total. The molecule has 0 spiro atoms. The molecule has 4 heavy (non-hydrogen) atoms. The Balaban J connectivity index is 0. The van der Waals surface area contributed by atoms with Crippen molar-refractivity contribution in [1.82, 2.24) is 5.32 Å². The molecule has 0 unspecified atom stereocenters. The maximum Gasteiger partial charge on any atom is 0.0391 e. The summed E-state index contributed by atoms with van der Waals surface area (Å²) in [6.45, 7) is 0. The van der Waals surface area contributed by atoms with E-state index in [4.69, 9.17) is 1.37 Å². The Morgan fingerprint density at radius 2 is 2.25 bits per heavy atom. The molecule has 0 saturated carbocycles. The highest BCUT2D eigenvalue weighted by Crippen LogP contribution is 0.981. The van der Waals surface area contributed by atoms with Crippen LogP contribution < -0.4 is 5.32 Å². The van der Waals surface area contributed by atoms with E-state index in [1.54, 1.807) is 7.05 Å². The molecule has 1 heteroatoms. The van der Waals surface area contributed by atoms with E-state index in [1.165, 1.54) is 0 Å². The van der Waals surface area contributed by atoms with Crippen LogP contribution in [0.5, 0.6) is 0 Å². The highest BCUT2D eigenvalue weighted by atomic mass is 14.7. The highest BCUT2D eigenvalue weighted by Gasteiger charge is 1.25. The van der Waals surface area contributed by atoms with Crippen molar-refractivity contribution in [1.29, 1.82) is 0 Å². The van der Waals surface area contributed by atoms with Gasteiger partial charge in [-0.15, -0.1) is 0 Å². The van der Waals surface area contributed by atoms with Crippen LogP contribution in [0.2, 0.25) is 0 Å². The Hall–Kier alpha value is -0.0400. The van der Waals surface area contributed by atoms with E-state index >= 15 is 0 Å². The summed E-state index contributed by atoms with van der Waals surface area (Å²) in [6, 6.07) is 0. The van der Waals surface area contributed by atoms with Crippen molar-refractivity contribution < 1.29 is 1.37 Å². The van der Waals surface area contributed by atoms with E-state index in [9.17, 15) is 0 Å². The van der Waals surface area contributed by atoms with Crippen LogP contribution in [0.3, 0.4) is 0 Å². The van der Waals surface area contributed by atoms with Gasteiger partial charge in [-0.2, -0.15) is 0 Å². The van der Waals surface area contributed by atoms with Crippen LogP contribution >= 0.6 is 0 Å². The summed E-state index contributed by atoms with van der Waals surface area (Å²) in [4.78, 5) is 0. The lowest BCUT2D eigenvalue weighted by Crippen LogP contribution is -1.89. The first kappa shape index (κ1) is 3.96. The Morgan fingerprint density at radius 1 is 2.00 bits per heavy atom. The average Bonchev–Trinajstić information content (AvgIpc) is 1.37. The maximum absolute atomic E-state index is 6.34. The summed E-state index contributed by atoms with van der Waals surface area (Å²) in [5, 5.41) is 2.60. The lowest BCUT2D eigenvalue weighted by atomic mass is 11.3. The standard InChI is InChI=1S/C2H7N.CH4/c1-3-2;/h3H,1-2H3;1H4/i1T;. The van der Waals surface area contributed by atoms with Crippen molar-refractivity contribution in [2.24, 2.45) is 0 Å². The van der Waals surface area contributed by atoms with Crippen LogP contribution in [0.4, 0.5) is 0 Å². The third-order valence-electron chi connectivity index (χ3n) is 0. The van der Waals surface area contributed by atoms with Gasteiger partial charge in [0.2, 0.25) is 0 Å². The molecular weight excluding hydrogens is 50.0 g/mol. The smallest absolute Gasteiger partial charge is 0.0391 e. The Labute approximate surface area is 29.4 Å². The van der Waals surface area contributed by atoms with Crippen LogP contribution in [0.15, 0.2) is 0 Å². The molecule has 0 heterocycles. The molecule has 0 bridgehead atoms. The number of hydrogen-bond donors (Lipinski definition) is 1. The van der Waals surface area contributed by atoms with E-state index < -0.39 is 0 Å². The Bertz CT molecular complexity index is 8.85. The third kappa shape index (κ3) is 1130. The summed E-state index contributed by atoms with van der Waals surface area (Å²) in [5.74, 6) is 0. The Kier molecular flexibility index (Phi) is 12.2. The van der Waals surface area contributed by atoms with E-state index in [2.05, 4.69) is 5.32 Å². The van der Waals surface area contributed by atoms with Crippen molar-refractivity contribution in [3.8, 4) is 0 Å². The fourth-order valence-corrected chi connectivity index (χ4v) is 0. The van der Waals surface area contributed by atoms with Crippen molar-refractivity contribution in [3.05, 3.63) is 0 Å². The predicted octanol–water partition coefficient (Wildman–Crippen LogP) is 0.472. The maximum atomic E-state index is 6.34. The van der Waals surface area contributed by atoms with Gasteiger partial charge in [0.1, 0.15) is 0 Å². The summed E-state index contributed by atoms with van der Waals surface area (Å²) in [5.41, 5.74) is 0. The van der Waals surface area contributed by atoms with Gasteiger partial charge in [-0.05, 0) is 14.1 Å². The second kappa shape index (κ2) is 12.3. The largest absolute Gasteiger partial charge is 0.323 e. The lowest BCUT2D eigenvalue weighted by molar-refractivity contribution is 1.02. The second-order valence-corrected chi connectivity index (χ2v) is 0.354. The van der Waals surface area contributed by atoms with Crippen LogP contribution in [0.25, 0.3) is 0 Å². The van der Waals surface area contributed by atoms with Crippen molar-refractivity contribution >= 4 is 0 Å². The molecule has 0 aromatic carbocycles. The quantitative estimate of drug-likeness (QED) is 0.431. The van der Waals surface area contributed by atoms with Gasteiger partial charge in [0, 0.05) is 1.37 Å². The molecule has 0 saturated heterocycles. The summed E-state index contributed by atoms with van der Waals surface area (Å²) in [7, 11) is 2.06. The SMILES string of the molecule is C.[3H]CNC. The predicted molar refractivity (Wildman–Crippen MR) is 21.7 cm³/mol. The number of rotatable bonds is 0. The van der Waals surface area contributed by atoms with Gasteiger partial charge in [-0.25, -0.2) is 0 Å². The molecule has 0 rings (SSSR count). The number of hydrogen-bond acceptors (Lipinski definition) is 1. The first-order chi connectivity index (χ1) is 1.91. The minimum absolute atomic E-state index is 0. The molecule has 0 radical (unpaired) electrons. The molecule has 0 fully saturated rings. The zero-order chi connectivity index (χ0) is 3.41. The third-order valence-corrected chi connectivity index (χ3v) is 0. The number of nitrogens with one attached hydrogen (secondary N) is 1. The van der Waals surface area contributed by atoms with Gasteiger partial charge in [0.15, 0.2) is 0 Å². The van der Waals surface area contributed by atoms with E-state index in [0.29, 0.717) is 7.02 Å². The lowest BCUT2D eigenvalue weighted by Gasteiger charge is -1.59. The molecule has 0 aromatic rings. The molecule has 0 aromatic heterocycles. The molecule has 28 valence electrons. The van der Waals surface area contributed by atoms with Gasteiger partial charge >= 0.3 is 0 Å². The van der Waals surface area contributed by atoms with Crippen LogP contribution in [-0.2, 0) is 0 Å². The van der Waals surface area contributed by atoms with Gasteiger partial charge in [0.25, 0.3) is 0 Å². The molecular formula is C3H11N. The molecule has 1 N–H and O–H groups in total. The molecule has 0 amide bonds. The van der Waals surface area contributed by atoms with Crippen molar-refractivity contribution in [2.75, 3.05) is 14.1 Å². The molecule has 0 atom stereocenters. The van der Waals surface area contributed by atoms with E-state index in [-0.39, 0.29) is 7.43 Å². The molecule has 0 aliphatic rings. The van der Waals surface area contributed by atoms with Crippen molar-refractivity contribution in [3.63, 3.8) is 0 Å². The molecule has 0 aliphatic carbocycles. The second-order valence-electron chi connectivity index (χ2n) is 0.354. The zero-order valence-corrected chi connectivity index (χ0v) is 2.21. The van der Waals surface area contributed by atoms with E-state index in [1.807, 2.05) is 0 Å². The average molecular weight is 63.1 g/mol. The zero-order valence-electron chi connectivity index (χ0n) is 3.21. The first-order valence-electron chi connectivity index (χ1n) is 1.56. The van der Waals surface area contributed by atoms with Crippen LogP contribution in [-0.4, -0.2) is 14.1 Å². The van der Waals surface area contributed by atoms with Gasteiger partial charge in [-0.3, -0.25) is 0 Å². The summed E-state index contributed by atoms with van der Waals surface area (Å²) >= 11 is 0. The molecule has 0 aliphatic heterocycles. The van der Waals surface area contributed by atoms with Crippen LogP contribution in [0.1, 0.15) is 8.80 Å². The van der Waals surface area contributed by atoms with Gasteiger partial charge < -0.3 is 5.32 Å². The minimum Gasteiger partial charge on any atom is -0.323 e. The van der Waals surface area contributed by atoms with Crippen molar-refractivity contribution in [2.45, 2.75) is 7.43 Å². The highest BCUT2D eigenvalue weighted by molar-refractivity contribution is 3.91. The minimum atomic E-state index is 0. The van der Waals surface area contributed by atoms with E-state index in [0.717, 1.165) is 0 Å². The Morgan fingerprint density at radius 3 is 2.25 bits per heavy atom. The normalized spacial score (nSPS) is 7.75. The summed E-state index contributed by atoms with van der Waals surface area (Å²) in [6.07, 6.45) is 0. The first-order valence-corrected chi connectivity index (χ1v) is 0.854.